The third kappa shape index (κ3) is 4.45. The van der Waals surface area contributed by atoms with Crippen LogP contribution in [0.3, 0.4) is 0 Å². The van der Waals surface area contributed by atoms with Crippen molar-refractivity contribution in [2.75, 3.05) is 13.2 Å². The number of ether oxygens (including phenoxy) is 1. The Hall–Kier alpha value is -0.320. The van der Waals surface area contributed by atoms with Gasteiger partial charge in [0.25, 0.3) is 0 Å². The molecule has 2 atom stereocenters. The first-order valence-corrected chi connectivity index (χ1v) is 4.26. The Labute approximate surface area is 83.9 Å². The highest BCUT2D eigenvalue weighted by Crippen LogP contribution is 2.17. The predicted octanol–water partition coefficient (Wildman–Crippen LogP) is 0.637. The lowest BCUT2D eigenvalue weighted by molar-refractivity contribution is -0.139. The van der Waals surface area contributed by atoms with Crippen molar-refractivity contribution >= 4 is 18.4 Å². The molecule has 0 spiro atoms. The minimum Gasteiger partial charge on any atom is -0.480 e. The average molecular weight is 210 g/mol. The smallest absolute Gasteiger partial charge is 0.320 e. The molecule has 78 valence electrons. The summed E-state index contributed by atoms with van der Waals surface area (Å²) in [6.45, 7) is 1.47. The zero-order valence-corrected chi connectivity index (χ0v) is 8.26. The number of hydrogen-bond donors (Lipinski definition) is 2. The second kappa shape index (κ2) is 6.18. The molecule has 5 heteroatoms. The lowest BCUT2D eigenvalue weighted by Crippen LogP contribution is -2.34. The highest BCUT2D eigenvalue weighted by Gasteiger charge is 2.20. The maximum absolute atomic E-state index is 10.4. The van der Waals surface area contributed by atoms with E-state index in [2.05, 4.69) is 0 Å². The first kappa shape index (κ1) is 12.7. The summed E-state index contributed by atoms with van der Waals surface area (Å²) < 4.78 is 5.21. The van der Waals surface area contributed by atoms with Crippen LogP contribution in [-0.4, -0.2) is 30.3 Å². The molecule has 1 fully saturated rings. The molecule has 13 heavy (non-hydrogen) atoms. The van der Waals surface area contributed by atoms with E-state index < -0.39 is 12.0 Å². The summed E-state index contributed by atoms with van der Waals surface area (Å²) >= 11 is 0. The molecule has 1 heterocycles. The van der Waals surface area contributed by atoms with Crippen LogP contribution in [0.25, 0.3) is 0 Å². The van der Waals surface area contributed by atoms with Crippen LogP contribution >= 0.6 is 12.4 Å². The Morgan fingerprint density at radius 1 is 1.69 bits per heavy atom. The summed E-state index contributed by atoms with van der Waals surface area (Å²) in [6.07, 6.45) is 2.60. The van der Waals surface area contributed by atoms with Gasteiger partial charge in [0.2, 0.25) is 0 Å². The van der Waals surface area contributed by atoms with Crippen LogP contribution < -0.4 is 5.73 Å². The Morgan fingerprint density at radius 3 is 2.85 bits per heavy atom. The van der Waals surface area contributed by atoms with Crippen molar-refractivity contribution in [3.63, 3.8) is 0 Å². The van der Waals surface area contributed by atoms with Gasteiger partial charge in [0, 0.05) is 13.2 Å². The van der Waals surface area contributed by atoms with Gasteiger partial charge in [-0.2, -0.15) is 0 Å². The topological polar surface area (TPSA) is 72.5 Å². The number of halogens is 1. The second-order valence-corrected chi connectivity index (χ2v) is 3.26. The number of hydrogen-bond acceptors (Lipinski definition) is 3. The van der Waals surface area contributed by atoms with Crippen LogP contribution in [0.4, 0.5) is 0 Å². The van der Waals surface area contributed by atoms with Crippen molar-refractivity contribution in [2.24, 2.45) is 11.7 Å². The van der Waals surface area contributed by atoms with E-state index in [1.54, 1.807) is 0 Å². The molecule has 0 aliphatic carbocycles. The molecule has 1 aliphatic rings. The Kier molecular flexibility index (Phi) is 6.03. The summed E-state index contributed by atoms with van der Waals surface area (Å²) in [5.74, 6) is -0.578. The molecule has 0 amide bonds. The second-order valence-electron chi connectivity index (χ2n) is 3.26. The Balaban J connectivity index is 0.00000144. The molecule has 0 bridgehead atoms. The number of carboxylic acids is 1. The van der Waals surface area contributed by atoms with Gasteiger partial charge in [-0.25, -0.2) is 0 Å². The van der Waals surface area contributed by atoms with Crippen LogP contribution in [0.1, 0.15) is 19.3 Å². The minimum absolute atomic E-state index is 0. The quantitative estimate of drug-likeness (QED) is 0.716. The molecular formula is C8H16ClNO3. The Morgan fingerprint density at radius 2 is 2.38 bits per heavy atom. The normalized spacial score (nSPS) is 24.5. The maximum Gasteiger partial charge on any atom is 0.320 e. The van der Waals surface area contributed by atoms with Gasteiger partial charge < -0.3 is 15.6 Å². The summed E-state index contributed by atoms with van der Waals surface area (Å²) in [6, 6.07) is -0.725. The van der Waals surface area contributed by atoms with Crippen molar-refractivity contribution in [2.45, 2.75) is 25.3 Å². The first-order valence-electron chi connectivity index (χ1n) is 4.26. The van der Waals surface area contributed by atoms with Crippen molar-refractivity contribution in [1.82, 2.24) is 0 Å². The van der Waals surface area contributed by atoms with Crippen LogP contribution in [0.2, 0.25) is 0 Å². The minimum atomic E-state index is -0.916. The van der Waals surface area contributed by atoms with Crippen LogP contribution in [0.15, 0.2) is 0 Å². The zero-order valence-electron chi connectivity index (χ0n) is 7.44. The summed E-state index contributed by atoms with van der Waals surface area (Å²) in [4.78, 5) is 10.4. The molecule has 1 saturated heterocycles. The fourth-order valence-electron chi connectivity index (χ4n) is 1.45. The molecule has 1 aliphatic heterocycles. The van der Waals surface area contributed by atoms with E-state index in [0.717, 1.165) is 19.4 Å². The SMILES string of the molecule is Cl.NC(CC1CCCOC1)C(=O)O. The van der Waals surface area contributed by atoms with Gasteiger partial charge in [-0.3, -0.25) is 4.79 Å². The fourth-order valence-corrected chi connectivity index (χ4v) is 1.45. The van der Waals surface area contributed by atoms with Crippen molar-refractivity contribution < 1.29 is 14.6 Å². The van der Waals surface area contributed by atoms with E-state index in [1.165, 1.54) is 0 Å². The molecule has 0 aromatic heterocycles. The van der Waals surface area contributed by atoms with E-state index >= 15 is 0 Å². The molecule has 2 unspecified atom stereocenters. The third-order valence-electron chi connectivity index (χ3n) is 2.16. The molecular weight excluding hydrogens is 194 g/mol. The zero-order chi connectivity index (χ0) is 8.97. The third-order valence-corrected chi connectivity index (χ3v) is 2.16. The van der Waals surface area contributed by atoms with Crippen molar-refractivity contribution in [3.8, 4) is 0 Å². The van der Waals surface area contributed by atoms with Gasteiger partial charge >= 0.3 is 5.97 Å². The Bertz CT molecular complexity index is 159. The molecule has 0 aromatic carbocycles. The summed E-state index contributed by atoms with van der Waals surface area (Å²) in [5, 5.41) is 8.55. The van der Waals surface area contributed by atoms with Crippen LogP contribution in [0, 0.1) is 5.92 Å². The molecule has 3 N–H and O–H groups in total. The molecule has 0 saturated carbocycles. The fraction of sp³-hybridized carbons (Fsp3) is 0.875. The molecule has 1 rings (SSSR count). The highest BCUT2D eigenvalue weighted by atomic mass is 35.5. The lowest BCUT2D eigenvalue weighted by atomic mass is 9.95. The summed E-state index contributed by atoms with van der Waals surface area (Å²) in [7, 11) is 0. The summed E-state index contributed by atoms with van der Waals surface area (Å²) in [5.41, 5.74) is 5.39. The van der Waals surface area contributed by atoms with E-state index in [4.69, 9.17) is 15.6 Å². The highest BCUT2D eigenvalue weighted by molar-refractivity contribution is 5.85. The number of rotatable bonds is 3. The number of nitrogens with two attached hydrogens (primary N) is 1. The predicted molar refractivity (Wildman–Crippen MR) is 51.0 cm³/mol. The van der Waals surface area contributed by atoms with Crippen molar-refractivity contribution in [1.29, 1.82) is 0 Å². The van der Waals surface area contributed by atoms with Gasteiger partial charge in [0.05, 0.1) is 0 Å². The van der Waals surface area contributed by atoms with Gasteiger partial charge in [-0.15, -0.1) is 12.4 Å². The standard InChI is InChI=1S/C8H15NO3.ClH/c9-7(8(10)11)4-6-2-1-3-12-5-6;/h6-7H,1-5,9H2,(H,10,11);1H. The number of aliphatic carboxylic acids is 1. The van der Waals surface area contributed by atoms with Gasteiger partial charge in [-0.1, -0.05) is 0 Å². The first-order chi connectivity index (χ1) is 5.70. The van der Waals surface area contributed by atoms with E-state index in [1.807, 2.05) is 0 Å². The van der Waals surface area contributed by atoms with Gasteiger partial charge in [0.1, 0.15) is 6.04 Å². The number of carboxylic acid groups (broad SMARTS) is 1. The monoisotopic (exact) mass is 209 g/mol. The molecule has 0 aromatic rings. The van der Waals surface area contributed by atoms with Gasteiger partial charge in [-0.05, 0) is 25.2 Å². The van der Waals surface area contributed by atoms with E-state index in [0.29, 0.717) is 18.9 Å². The largest absolute Gasteiger partial charge is 0.480 e. The van der Waals surface area contributed by atoms with E-state index in [-0.39, 0.29) is 12.4 Å². The van der Waals surface area contributed by atoms with Crippen LogP contribution in [-0.2, 0) is 9.53 Å². The maximum atomic E-state index is 10.4. The van der Waals surface area contributed by atoms with E-state index in [9.17, 15) is 4.79 Å². The molecule has 4 nitrogen and oxygen atoms in total. The van der Waals surface area contributed by atoms with Crippen LogP contribution in [0.5, 0.6) is 0 Å². The molecule has 0 radical (unpaired) electrons. The van der Waals surface area contributed by atoms with Crippen molar-refractivity contribution in [3.05, 3.63) is 0 Å². The average Bonchev–Trinajstić information content (AvgIpc) is 2.06. The number of carbonyl (C=O) groups is 1. The lowest BCUT2D eigenvalue weighted by Gasteiger charge is -2.23. The van der Waals surface area contributed by atoms with Gasteiger partial charge in [0.15, 0.2) is 0 Å².